The molecule has 0 saturated heterocycles. The van der Waals surface area contributed by atoms with Crippen LogP contribution in [0.25, 0.3) is 0 Å². The SMILES string of the molecule is COC(=O)c1nnn(Cc2ccc(Cl)c(Cl)c2)c1CCN. The van der Waals surface area contributed by atoms with Gasteiger partial charge in [-0.3, -0.25) is 0 Å². The quantitative estimate of drug-likeness (QED) is 0.848. The maximum Gasteiger partial charge on any atom is 0.360 e. The Balaban J connectivity index is 2.32. The average Bonchev–Trinajstić information content (AvgIpc) is 2.85. The van der Waals surface area contributed by atoms with E-state index in [2.05, 4.69) is 15.0 Å². The number of nitrogens with two attached hydrogens (primary N) is 1. The van der Waals surface area contributed by atoms with E-state index in [-0.39, 0.29) is 5.69 Å². The molecule has 0 fully saturated rings. The van der Waals surface area contributed by atoms with Crippen LogP contribution in [0.3, 0.4) is 0 Å². The zero-order chi connectivity index (χ0) is 15.4. The molecule has 0 aliphatic carbocycles. The fourth-order valence-electron chi connectivity index (χ4n) is 1.91. The number of hydrogen-bond acceptors (Lipinski definition) is 5. The lowest BCUT2D eigenvalue weighted by molar-refractivity contribution is 0.0592. The van der Waals surface area contributed by atoms with Gasteiger partial charge in [0.1, 0.15) is 0 Å². The molecule has 8 heteroatoms. The number of nitrogens with zero attached hydrogens (tertiary/aromatic N) is 3. The second-order valence-corrected chi connectivity index (χ2v) is 5.14. The maximum absolute atomic E-state index is 11.7. The van der Waals surface area contributed by atoms with Gasteiger partial charge in [0, 0.05) is 6.42 Å². The Morgan fingerprint density at radius 3 is 2.76 bits per heavy atom. The summed E-state index contributed by atoms with van der Waals surface area (Å²) >= 11 is 11.9. The van der Waals surface area contributed by atoms with Crippen LogP contribution in [0.15, 0.2) is 18.2 Å². The monoisotopic (exact) mass is 328 g/mol. The van der Waals surface area contributed by atoms with Crippen LogP contribution in [0.1, 0.15) is 21.7 Å². The van der Waals surface area contributed by atoms with E-state index in [0.717, 1.165) is 5.56 Å². The minimum atomic E-state index is -0.529. The first kappa shape index (κ1) is 15.8. The molecule has 6 nitrogen and oxygen atoms in total. The van der Waals surface area contributed by atoms with Gasteiger partial charge in [-0.15, -0.1) is 5.10 Å². The van der Waals surface area contributed by atoms with Crippen molar-refractivity contribution in [2.75, 3.05) is 13.7 Å². The molecule has 0 saturated carbocycles. The van der Waals surface area contributed by atoms with Gasteiger partial charge >= 0.3 is 5.97 Å². The van der Waals surface area contributed by atoms with Crippen LogP contribution in [0.2, 0.25) is 10.0 Å². The van der Waals surface area contributed by atoms with Crippen molar-refractivity contribution < 1.29 is 9.53 Å². The molecule has 1 aromatic heterocycles. The fraction of sp³-hybridized carbons (Fsp3) is 0.308. The lowest BCUT2D eigenvalue weighted by Crippen LogP contribution is -2.14. The summed E-state index contributed by atoms with van der Waals surface area (Å²) in [7, 11) is 1.30. The van der Waals surface area contributed by atoms with Gasteiger partial charge in [0.25, 0.3) is 0 Å². The summed E-state index contributed by atoms with van der Waals surface area (Å²) in [4.78, 5) is 11.7. The van der Waals surface area contributed by atoms with Gasteiger partial charge in [0.15, 0.2) is 5.69 Å². The Morgan fingerprint density at radius 2 is 2.14 bits per heavy atom. The van der Waals surface area contributed by atoms with E-state index in [9.17, 15) is 4.79 Å². The molecule has 21 heavy (non-hydrogen) atoms. The first-order valence-electron chi connectivity index (χ1n) is 6.21. The highest BCUT2D eigenvalue weighted by molar-refractivity contribution is 6.42. The molecule has 1 aromatic carbocycles. The molecule has 0 amide bonds. The van der Waals surface area contributed by atoms with Crippen molar-refractivity contribution in [2.45, 2.75) is 13.0 Å². The first-order valence-corrected chi connectivity index (χ1v) is 6.97. The average molecular weight is 329 g/mol. The zero-order valence-corrected chi connectivity index (χ0v) is 12.9. The molecule has 0 spiro atoms. The largest absolute Gasteiger partial charge is 0.464 e. The second kappa shape index (κ2) is 6.89. The highest BCUT2D eigenvalue weighted by Crippen LogP contribution is 2.23. The van der Waals surface area contributed by atoms with Crippen LogP contribution < -0.4 is 5.73 Å². The van der Waals surface area contributed by atoms with Gasteiger partial charge in [-0.2, -0.15) is 0 Å². The summed E-state index contributed by atoms with van der Waals surface area (Å²) in [6, 6.07) is 5.29. The minimum Gasteiger partial charge on any atom is -0.464 e. The van der Waals surface area contributed by atoms with E-state index in [0.29, 0.717) is 35.2 Å². The number of esters is 1. The molecule has 0 atom stereocenters. The summed E-state index contributed by atoms with van der Waals surface area (Å²) in [5, 5.41) is 8.79. The topological polar surface area (TPSA) is 83.0 Å². The normalized spacial score (nSPS) is 10.7. The van der Waals surface area contributed by atoms with Gasteiger partial charge in [0.05, 0.1) is 29.4 Å². The predicted octanol–water partition coefficient (Wildman–Crippen LogP) is 1.92. The van der Waals surface area contributed by atoms with Crippen molar-refractivity contribution in [3.63, 3.8) is 0 Å². The van der Waals surface area contributed by atoms with Crippen LogP contribution in [0.5, 0.6) is 0 Å². The van der Waals surface area contributed by atoms with Gasteiger partial charge in [-0.05, 0) is 24.2 Å². The molecule has 0 aliphatic heterocycles. The third-order valence-corrected chi connectivity index (χ3v) is 3.65. The second-order valence-electron chi connectivity index (χ2n) is 4.32. The molecule has 0 unspecified atom stereocenters. The highest BCUT2D eigenvalue weighted by Gasteiger charge is 2.19. The molecule has 2 rings (SSSR count). The van der Waals surface area contributed by atoms with Crippen molar-refractivity contribution >= 4 is 29.2 Å². The van der Waals surface area contributed by atoms with Crippen molar-refractivity contribution in [1.82, 2.24) is 15.0 Å². The smallest absolute Gasteiger partial charge is 0.360 e. The van der Waals surface area contributed by atoms with E-state index < -0.39 is 5.97 Å². The minimum absolute atomic E-state index is 0.183. The van der Waals surface area contributed by atoms with Gasteiger partial charge in [-0.25, -0.2) is 9.48 Å². The van der Waals surface area contributed by atoms with Crippen LogP contribution >= 0.6 is 23.2 Å². The number of halogens is 2. The van der Waals surface area contributed by atoms with Crippen LogP contribution in [-0.2, 0) is 17.7 Å². The third kappa shape index (κ3) is 3.53. The molecule has 2 aromatic rings. The lowest BCUT2D eigenvalue weighted by Gasteiger charge is -2.07. The summed E-state index contributed by atoms with van der Waals surface area (Å²) in [6.45, 7) is 0.787. The predicted molar refractivity (Wildman–Crippen MR) is 79.7 cm³/mol. The molecule has 112 valence electrons. The van der Waals surface area contributed by atoms with Crippen molar-refractivity contribution in [1.29, 1.82) is 0 Å². The molecule has 0 radical (unpaired) electrons. The summed E-state index contributed by atoms with van der Waals surface area (Å²) < 4.78 is 6.30. The summed E-state index contributed by atoms with van der Waals surface area (Å²) in [6.07, 6.45) is 0.471. The molecule has 2 N–H and O–H groups in total. The zero-order valence-electron chi connectivity index (χ0n) is 11.3. The number of carbonyl (C=O) groups excluding carboxylic acids is 1. The summed E-state index contributed by atoms with van der Waals surface area (Å²) in [5.41, 5.74) is 7.29. The number of benzene rings is 1. The maximum atomic E-state index is 11.7. The van der Waals surface area contributed by atoms with E-state index in [1.807, 2.05) is 6.07 Å². The van der Waals surface area contributed by atoms with Crippen molar-refractivity contribution in [2.24, 2.45) is 5.73 Å². The van der Waals surface area contributed by atoms with Crippen LogP contribution in [0.4, 0.5) is 0 Å². The molecule has 1 heterocycles. The number of rotatable bonds is 5. The van der Waals surface area contributed by atoms with E-state index in [1.165, 1.54) is 7.11 Å². The Labute approximate surface area is 131 Å². The molecule has 0 bridgehead atoms. The van der Waals surface area contributed by atoms with E-state index in [4.69, 9.17) is 28.9 Å². The first-order chi connectivity index (χ1) is 10.1. The number of ether oxygens (including phenoxy) is 1. The molecule has 0 aliphatic rings. The lowest BCUT2D eigenvalue weighted by atomic mass is 10.2. The van der Waals surface area contributed by atoms with Gasteiger partial charge < -0.3 is 10.5 Å². The molecular weight excluding hydrogens is 315 g/mol. The Morgan fingerprint density at radius 1 is 1.38 bits per heavy atom. The number of hydrogen-bond donors (Lipinski definition) is 1. The fourth-order valence-corrected chi connectivity index (χ4v) is 2.23. The highest BCUT2D eigenvalue weighted by atomic mass is 35.5. The number of carbonyl (C=O) groups is 1. The van der Waals surface area contributed by atoms with E-state index >= 15 is 0 Å². The van der Waals surface area contributed by atoms with Crippen molar-refractivity contribution in [3.05, 3.63) is 45.2 Å². The van der Waals surface area contributed by atoms with Crippen molar-refractivity contribution in [3.8, 4) is 0 Å². The Bertz CT molecular complexity index is 658. The third-order valence-electron chi connectivity index (χ3n) is 2.91. The number of aromatic nitrogens is 3. The summed E-state index contributed by atoms with van der Waals surface area (Å²) in [5.74, 6) is -0.529. The van der Waals surface area contributed by atoms with Crippen LogP contribution in [0, 0.1) is 0 Å². The van der Waals surface area contributed by atoms with Crippen LogP contribution in [-0.4, -0.2) is 34.6 Å². The standard InChI is InChI=1S/C13H14Cl2N4O2/c1-21-13(20)12-11(4-5-16)19(18-17-12)7-8-2-3-9(14)10(15)6-8/h2-3,6H,4-5,7,16H2,1H3. The molecular formula is C13H14Cl2N4O2. The van der Waals surface area contributed by atoms with Gasteiger partial charge in [0.2, 0.25) is 0 Å². The Kier molecular flexibility index (Phi) is 5.17. The van der Waals surface area contributed by atoms with E-state index in [1.54, 1.807) is 16.8 Å². The van der Waals surface area contributed by atoms with Gasteiger partial charge in [-0.1, -0.05) is 34.5 Å². The Hall–Kier alpha value is -1.63. The number of methoxy groups -OCH3 is 1.